The van der Waals surface area contributed by atoms with Gasteiger partial charge in [-0.1, -0.05) is 18.6 Å². The predicted molar refractivity (Wildman–Crippen MR) is 86.1 cm³/mol. The van der Waals surface area contributed by atoms with Gasteiger partial charge in [0.2, 0.25) is 0 Å². The molecule has 0 radical (unpaired) electrons. The van der Waals surface area contributed by atoms with Crippen molar-refractivity contribution in [2.24, 2.45) is 17.8 Å². The van der Waals surface area contributed by atoms with Crippen LogP contribution in [0.1, 0.15) is 32.1 Å². The number of para-hydroxylation sites is 2. The predicted octanol–water partition coefficient (Wildman–Crippen LogP) is 3.45. The molecule has 4 rings (SSSR count). The van der Waals surface area contributed by atoms with E-state index in [0.717, 1.165) is 29.8 Å². The minimum absolute atomic E-state index is 0.562. The standard InChI is InChI=1S/C18H25N3/c1-19-16(10-15-9-13-6-7-14(15)8-13)11-21-12-20-17-4-2-3-5-18(17)21/h2-5,12-16,19H,6-11H2,1H3. The number of hydrogen-bond donors (Lipinski definition) is 1. The Balaban J connectivity index is 1.46. The number of fused-ring (bicyclic) bond motifs is 3. The summed E-state index contributed by atoms with van der Waals surface area (Å²) in [6.45, 7) is 1.03. The third-order valence-electron chi connectivity index (χ3n) is 5.82. The largest absolute Gasteiger partial charge is 0.329 e. The van der Waals surface area contributed by atoms with E-state index in [-0.39, 0.29) is 0 Å². The molecule has 3 nitrogen and oxygen atoms in total. The number of likely N-dealkylation sites (N-methyl/N-ethyl adjacent to an activating group) is 1. The van der Waals surface area contributed by atoms with E-state index in [9.17, 15) is 0 Å². The van der Waals surface area contributed by atoms with E-state index in [2.05, 4.69) is 46.2 Å². The van der Waals surface area contributed by atoms with E-state index >= 15 is 0 Å². The number of nitrogens with zero attached hydrogens (tertiary/aromatic N) is 2. The van der Waals surface area contributed by atoms with E-state index in [1.807, 2.05) is 6.33 Å². The number of aromatic nitrogens is 2. The first-order chi connectivity index (χ1) is 10.3. The van der Waals surface area contributed by atoms with Crippen LogP contribution in [0.5, 0.6) is 0 Å². The summed E-state index contributed by atoms with van der Waals surface area (Å²) in [5.74, 6) is 3.02. The second-order valence-electron chi connectivity index (χ2n) is 7.04. The highest BCUT2D eigenvalue weighted by Crippen LogP contribution is 2.49. The van der Waals surface area contributed by atoms with E-state index in [1.165, 1.54) is 37.6 Å². The smallest absolute Gasteiger partial charge is 0.0958 e. The molecule has 4 unspecified atom stereocenters. The summed E-state index contributed by atoms with van der Waals surface area (Å²) in [6.07, 6.45) is 9.29. The molecule has 1 aromatic heterocycles. The Morgan fingerprint density at radius 3 is 2.95 bits per heavy atom. The topological polar surface area (TPSA) is 29.9 Å². The van der Waals surface area contributed by atoms with Gasteiger partial charge in [-0.3, -0.25) is 0 Å². The van der Waals surface area contributed by atoms with Crippen LogP contribution in [0.25, 0.3) is 11.0 Å². The Labute approximate surface area is 126 Å². The van der Waals surface area contributed by atoms with Crippen molar-refractivity contribution in [1.29, 1.82) is 0 Å². The monoisotopic (exact) mass is 283 g/mol. The Hall–Kier alpha value is -1.35. The van der Waals surface area contributed by atoms with Gasteiger partial charge in [-0.2, -0.15) is 0 Å². The van der Waals surface area contributed by atoms with E-state index in [4.69, 9.17) is 0 Å². The molecule has 2 aliphatic rings. The molecule has 0 aliphatic heterocycles. The highest BCUT2D eigenvalue weighted by Gasteiger charge is 2.39. The molecule has 1 N–H and O–H groups in total. The summed E-state index contributed by atoms with van der Waals surface area (Å²) in [5, 5.41) is 3.54. The van der Waals surface area contributed by atoms with Crippen molar-refractivity contribution >= 4 is 11.0 Å². The lowest BCUT2D eigenvalue weighted by Crippen LogP contribution is -2.33. The van der Waals surface area contributed by atoms with Crippen molar-refractivity contribution in [1.82, 2.24) is 14.9 Å². The Kier molecular flexibility index (Phi) is 3.46. The van der Waals surface area contributed by atoms with Gasteiger partial charge in [-0.15, -0.1) is 0 Å². The van der Waals surface area contributed by atoms with Crippen LogP contribution in [0.15, 0.2) is 30.6 Å². The summed E-state index contributed by atoms with van der Waals surface area (Å²) < 4.78 is 2.31. The van der Waals surface area contributed by atoms with Gasteiger partial charge in [0.05, 0.1) is 17.4 Å². The molecule has 4 atom stereocenters. The lowest BCUT2D eigenvalue weighted by atomic mass is 9.84. The van der Waals surface area contributed by atoms with Gasteiger partial charge in [0.25, 0.3) is 0 Å². The van der Waals surface area contributed by atoms with E-state index < -0.39 is 0 Å². The maximum absolute atomic E-state index is 4.51. The molecule has 0 spiro atoms. The molecule has 1 aromatic carbocycles. The number of benzene rings is 1. The molecule has 2 aliphatic carbocycles. The summed E-state index contributed by atoms with van der Waals surface area (Å²) in [6, 6.07) is 8.99. The lowest BCUT2D eigenvalue weighted by molar-refractivity contribution is 0.272. The average molecular weight is 283 g/mol. The van der Waals surface area contributed by atoms with Gasteiger partial charge in [0, 0.05) is 12.6 Å². The summed E-state index contributed by atoms with van der Waals surface area (Å²) in [5.41, 5.74) is 2.36. The van der Waals surface area contributed by atoms with Crippen molar-refractivity contribution in [2.45, 2.75) is 44.7 Å². The SMILES string of the molecule is CNC(CC1CC2CCC1C2)Cn1cnc2ccccc21. The molecule has 112 valence electrons. The van der Waals surface area contributed by atoms with Gasteiger partial charge >= 0.3 is 0 Å². The van der Waals surface area contributed by atoms with Crippen LogP contribution in [0.3, 0.4) is 0 Å². The maximum Gasteiger partial charge on any atom is 0.0958 e. The van der Waals surface area contributed by atoms with Crippen LogP contribution in [0.4, 0.5) is 0 Å². The van der Waals surface area contributed by atoms with Crippen LogP contribution < -0.4 is 5.32 Å². The fourth-order valence-electron chi connectivity index (χ4n) is 4.71. The molecular formula is C18H25N3. The number of nitrogens with one attached hydrogen (secondary N) is 1. The summed E-state index contributed by atoms with van der Waals surface area (Å²) in [7, 11) is 2.11. The molecule has 2 bridgehead atoms. The first-order valence-electron chi connectivity index (χ1n) is 8.40. The van der Waals surface area contributed by atoms with E-state index in [1.54, 1.807) is 0 Å². The zero-order chi connectivity index (χ0) is 14.2. The van der Waals surface area contributed by atoms with Crippen LogP contribution in [-0.2, 0) is 6.54 Å². The van der Waals surface area contributed by atoms with Crippen LogP contribution in [-0.4, -0.2) is 22.6 Å². The average Bonchev–Trinajstić information content (AvgIpc) is 3.22. The molecule has 2 aromatic rings. The maximum atomic E-state index is 4.51. The van der Waals surface area contributed by atoms with Crippen LogP contribution in [0, 0.1) is 17.8 Å². The fourth-order valence-corrected chi connectivity index (χ4v) is 4.71. The second-order valence-corrected chi connectivity index (χ2v) is 7.04. The van der Waals surface area contributed by atoms with Crippen LogP contribution in [0.2, 0.25) is 0 Å². The highest BCUT2D eigenvalue weighted by molar-refractivity contribution is 5.74. The molecule has 2 saturated carbocycles. The quantitative estimate of drug-likeness (QED) is 0.911. The molecular weight excluding hydrogens is 258 g/mol. The van der Waals surface area contributed by atoms with Crippen molar-refractivity contribution in [3.8, 4) is 0 Å². The number of imidazole rings is 1. The van der Waals surface area contributed by atoms with E-state index in [0.29, 0.717) is 6.04 Å². The van der Waals surface area contributed by atoms with Gasteiger partial charge in [-0.05, 0) is 62.6 Å². The van der Waals surface area contributed by atoms with Crippen LogP contribution >= 0.6 is 0 Å². The first kappa shape index (κ1) is 13.3. The molecule has 0 amide bonds. The fraction of sp³-hybridized carbons (Fsp3) is 0.611. The number of hydrogen-bond acceptors (Lipinski definition) is 2. The zero-order valence-corrected chi connectivity index (χ0v) is 12.8. The Morgan fingerprint density at radius 2 is 2.19 bits per heavy atom. The van der Waals surface area contributed by atoms with Crippen molar-refractivity contribution in [3.05, 3.63) is 30.6 Å². The first-order valence-corrected chi connectivity index (χ1v) is 8.40. The molecule has 2 fully saturated rings. The summed E-state index contributed by atoms with van der Waals surface area (Å²) in [4.78, 5) is 4.51. The minimum atomic E-state index is 0.562. The minimum Gasteiger partial charge on any atom is -0.329 e. The summed E-state index contributed by atoms with van der Waals surface area (Å²) >= 11 is 0. The Bertz CT molecular complexity index is 618. The van der Waals surface area contributed by atoms with Gasteiger partial charge in [-0.25, -0.2) is 4.98 Å². The molecule has 1 heterocycles. The van der Waals surface area contributed by atoms with Gasteiger partial charge in [0.1, 0.15) is 0 Å². The van der Waals surface area contributed by atoms with Gasteiger partial charge < -0.3 is 9.88 Å². The lowest BCUT2D eigenvalue weighted by Gasteiger charge is -2.27. The molecule has 21 heavy (non-hydrogen) atoms. The molecule has 3 heteroatoms. The normalized spacial score (nSPS) is 29.3. The molecule has 0 saturated heterocycles. The third kappa shape index (κ3) is 2.48. The zero-order valence-electron chi connectivity index (χ0n) is 12.8. The third-order valence-corrected chi connectivity index (χ3v) is 5.82. The highest BCUT2D eigenvalue weighted by atomic mass is 15.1. The van der Waals surface area contributed by atoms with Crippen molar-refractivity contribution in [3.63, 3.8) is 0 Å². The van der Waals surface area contributed by atoms with Gasteiger partial charge in [0.15, 0.2) is 0 Å². The number of rotatable bonds is 5. The van der Waals surface area contributed by atoms with Crippen molar-refractivity contribution in [2.75, 3.05) is 7.05 Å². The van der Waals surface area contributed by atoms with Crippen molar-refractivity contribution < 1.29 is 0 Å². The second kappa shape index (κ2) is 5.45. The Morgan fingerprint density at radius 1 is 1.29 bits per heavy atom.